The molecule has 1 saturated heterocycles. The van der Waals surface area contributed by atoms with Gasteiger partial charge in [-0.25, -0.2) is 0 Å². The predicted octanol–water partition coefficient (Wildman–Crippen LogP) is 4.03. The fourth-order valence-corrected chi connectivity index (χ4v) is 7.38. The van der Waals surface area contributed by atoms with E-state index in [2.05, 4.69) is 16.0 Å². The Bertz CT molecular complexity index is 1450. The van der Waals surface area contributed by atoms with Crippen molar-refractivity contribution in [2.45, 2.75) is 149 Å². The summed E-state index contributed by atoms with van der Waals surface area (Å²) < 4.78 is 12.0. The van der Waals surface area contributed by atoms with Crippen molar-refractivity contribution in [1.29, 1.82) is 0 Å². The topological polar surface area (TPSA) is 150 Å². The van der Waals surface area contributed by atoms with Gasteiger partial charge < -0.3 is 35.2 Å². The number of carbonyl (C=O) groups excluding carboxylic acids is 5. The van der Waals surface area contributed by atoms with Crippen molar-refractivity contribution in [1.82, 2.24) is 30.7 Å². The highest BCUT2D eigenvalue weighted by atomic mass is 16.5. The largest absolute Gasteiger partial charge is 0.379 e. The van der Waals surface area contributed by atoms with E-state index in [1.165, 1.54) is 0 Å². The van der Waals surface area contributed by atoms with Crippen LogP contribution in [0.2, 0.25) is 0 Å². The molecule has 0 aliphatic carbocycles. The second-order valence-electron chi connectivity index (χ2n) is 17.7. The number of likely N-dealkylation sites (tertiary alicyclic amines) is 1. The molecule has 0 spiro atoms. The zero-order chi connectivity index (χ0) is 42.7. The van der Waals surface area contributed by atoms with Gasteiger partial charge in [-0.3, -0.25) is 28.9 Å². The van der Waals surface area contributed by atoms with Crippen LogP contribution in [0.5, 0.6) is 0 Å². The van der Waals surface area contributed by atoms with Crippen LogP contribution in [0.15, 0.2) is 30.3 Å². The molecule has 0 radical (unpaired) electrons. The molecular formula is C43H74N6O7. The first-order chi connectivity index (χ1) is 26.0. The highest BCUT2D eigenvalue weighted by molar-refractivity contribution is 5.92. The van der Waals surface area contributed by atoms with Gasteiger partial charge in [0.25, 0.3) is 0 Å². The van der Waals surface area contributed by atoms with E-state index in [4.69, 9.17) is 9.47 Å². The molecule has 0 unspecified atom stereocenters. The number of methoxy groups -OCH3 is 2. The first-order valence-corrected chi connectivity index (χ1v) is 20.3. The SMILES string of the molecule is CC[C@H](C)[C@@H]([C@@H](CC(=O)N1CCC[C@H]1[C@H](OC)[C@@H](C)C(=O)N[C@@H](Cc1ccccc1)C(=O)NC(C)(C)C)OC)N(C)C(=O)[C@@H](NC(=O)C(C)(C)N(C)C)C(C)C. The lowest BCUT2D eigenvalue weighted by molar-refractivity contribution is -0.148. The minimum atomic E-state index is -0.834. The van der Waals surface area contributed by atoms with Crippen LogP contribution < -0.4 is 16.0 Å². The molecule has 0 bridgehead atoms. The van der Waals surface area contributed by atoms with Gasteiger partial charge in [0.1, 0.15) is 12.1 Å². The van der Waals surface area contributed by atoms with Crippen molar-refractivity contribution in [2.24, 2.45) is 17.8 Å². The quantitative estimate of drug-likeness (QED) is 0.180. The molecule has 1 aromatic rings. The van der Waals surface area contributed by atoms with Gasteiger partial charge in [-0.05, 0) is 79.0 Å². The second-order valence-corrected chi connectivity index (χ2v) is 17.7. The molecule has 1 aliphatic heterocycles. The normalized spacial score (nSPS) is 18.7. The third-order valence-electron chi connectivity index (χ3n) is 11.6. The minimum Gasteiger partial charge on any atom is -0.379 e. The van der Waals surface area contributed by atoms with Crippen molar-refractivity contribution >= 4 is 29.5 Å². The maximum Gasteiger partial charge on any atom is 0.245 e. The fourth-order valence-electron chi connectivity index (χ4n) is 7.38. The number of hydrogen-bond acceptors (Lipinski definition) is 8. The van der Waals surface area contributed by atoms with Gasteiger partial charge in [0, 0.05) is 39.8 Å². The Kier molecular flexibility index (Phi) is 18.5. The molecule has 56 heavy (non-hydrogen) atoms. The Morgan fingerprint density at radius 1 is 0.893 bits per heavy atom. The van der Waals surface area contributed by atoms with Crippen LogP contribution >= 0.6 is 0 Å². The fraction of sp³-hybridized carbons (Fsp3) is 0.744. The van der Waals surface area contributed by atoms with Crippen molar-refractivity contribution in [3.05, 3.63) is 35.9 Å². The summed E-state index contributed by atoms with van der Waals surface area (Å²) in [7, 11) is 8.47. The van der Waals surface area contributed by atoms with E-state index < -0.39 is 47.3 Å². The van der Waals surface area contributed by atoms with E-state index >= 15 is 0 Å². The molecule has 8 atom stereocenters. The molecule has 0 saturated carbocycles. The van der Waals surface area contributed by atoms with Crippen LogP contribution in [-0.2, 0) is 39.9 Å². The van der Waals surface area contributed by atoms with Crippen LogP contribution in [0.1, 0.15) is 100 Å². The van der Waals surface area contributed by atoms with Crippen LogP contribution in [-0.4, -0.2) is 134 Å². The van der Waals surface area contributed by atoms with E-state index in [0.717, 1.165) is 18.4 Å². The molecule has 1 heterocycles. The summed E-state index contributed by atoms with van der Waals surface area (Å²) in [4.78, 5) is 74.4. The van der Waals surface area contributed by atoms with Gasteiger partial charge in [0.05, 0.1) is 42.2 Å². The number of hydrogen-bond donors (Lipinski definition) is 3. The van der Waals surface area contributed by atoms with Gasteiger partial charge in [-0.1, -0.05) is 71.4 Å². The number of amides is 5. The Hall–Kier alpha value is -3.55. The summed E-state index contributed by atoms with van der Waals surface area (Å²) in [5.74, 6) is -2.19. The van der Waals surface area contributed by atoms with Gasteiger partial charge in [-0.15, -0.1) is 0 Å². The lowest BCUT2D eigenvalue weighted by Gasteiger charge is -2.41. The summed E-state index contributed by atoms with van der Waals surface area (Å²) >= 11 is 0. The first-order valence-electron chi connectivity index (χ1n) is 20.3. The molecular weight excluding hydrogens is 713 g/mol. The van der Waals surface area contributed by atoms with Crippen molar-refractivity contribution < 1.29 is 33.4 Å². The van der Waals surface area contributed by atoms with E-state index in [1.54, 1.807) is 38.0 Å². The monoisotopic (exact) mass is 787 g/mol. The van der Waals surface area contributed by atoms with Crippen molar-refractivity contribution in [3.63, 3.8) is 0 Å². The van der Waals surface area contributed by atoms with Gasteiger partial charge in [0.2, 0.25) is 29.5 Å². The lowest BCUT2D eigenvalue weighted by Crippen LogP contribution is -2.61. The molecule has 13 heteroatoms. The zero-order valence-electron chi connectivity index (χ0n) is 37.0. The lowest BCUT2D eigenvalue weighted by atomic mass is 9.89. The molecule has 2 rings (SSSR count). The van der Waals surface area contributed by atoms with Crippen LogP contribution in [0, 0.1) is 17.8 Å². The van der Waals surface area contributed by atoms with Gasteiger partial charge in [0.15, 0.2) is 0 Å². The number of carbonyl (C=O) groups is 5. The van der Waals surface area contributed by atoms with Crippen LogP contribution in [0.3, 0.4) is 0 Å². The van der Waals surface area contributed by atoms with Gasteiger partial charge >= 0.3 is 0 Å². The summed E-state index contributed by atoms with van der Waals surface area (Å²) in [5.41, 5.74) is -0.411. The minimum absolute atomic E-state index is 0.00906. The molecule has 5 amide bonds. The second kappa shape index (κ2) is 21.3. The smallest absolute Gasteiger partial charge is 0.245 e. The van der Waals surface area contributed by atoms with Crippen molar-refractivity contribution in [2.75, 3.05) is 41.9 Å². The standard InChI is InChI=1S/C43H74N6O7/c1-16-28(4)36(48(13)40(53)35(27(2)3)45-41(54)43(9,10)47(11)12)33(55-14)26-34(50)49-24-20-23-32(49)37(56-15)29(5)38(51)44-31(39(52)46-42(6,7)8)25-30-21-18-17-19-22-30/h17-19,21-22,27-29,31-33,35-37H,16,20,23-26H2,1-15H3,(H,44,51)(H,45,54)(H,46,52)/t28-,29+,31-,32-,33+,35-,36-,37+/m0/s1. The Morgan fingerprint density at radius 3 is 2.00 bits per heavy atom. The summed E-state index contributed by atoms with van der Waals surface area (Å²) in [6.45, 7) is 19.4. The third-order valence-corrected chi connectivity index (χ3v) is 11.6. The van der Waals surface area contributed by atoms with Crippen molar-refractivity contribution in [3.8, 4) is 0 Å². The molecule has 318 valence electrons. The predicted molar refractivity (Wildman–Crippen MR) is 221 cm³/mol. The molecule has 1 fully saturated rings. The molecule has 13 nitrogen and oxygen atoms in total. The number of benzene rings is 1. The third kappa shape index (κ3) is 13.0. The number of likely N-dealkylation sites (N-methyl/N-ethyl adjacent to an activating group) is 2. The van der Waals surface area contributed by atoms with E-state index in [-0.39, 0.29) is 53.8 Å². The van der Waals surface area contributed by atoms with E-state index in [0.29, 0.717) is 19.4 Å². The average molecular weight is 787 g/mol. The van der Waals surface area contributed by atoms with E-state index in [9.17, 15) is 24.0 Å². The maximum atomic E-state index is 14.3. The van der Waals surface area contributed by atoms with E-state index in [1.807, 2.05) is 112 Å². The number of nitrogens with zero attached hydrogens (tertiary/aromatic N) is 3. The highest BCUT2D eigenvalue weighted by Crippen LogP contribution is 2.30. The Labute approximate surface area is 337 Å². The number of ether oxygens (including phenoxy) is 2. The first kappa shape index (κ1) is 48.6. The van der Waals surface area contributed by atoms with Gasteiger partial charge in [-0.2, -0.15) is 0 Å². The molecule has 3 N–H and O–H groups in total. The molecule has 0 aromatic heterocycles. The maximum absolute atomic E-state index is 14.3. The summed E-state index contributed by atoms with van der Waals surface area (Å²) in [6, 6.07) is 7.10. The molecule has 1 aromatic carbocycles. The number of nitrogens with one attached hydrogen (secondary N) is 3. The zero-order valence-corrected chi connectivity index (χ0v) is 37.0. The van der Waals surface area contributed by atoms with Crippen LogP contribution in [0.25, 0.3) is 0 Å². The molecule has 1 aliphatic rings. The Balaban J connectivity index is 2.31. The van der Waals surface area contributed by atoms with Crippen LogP contribution in [0.4, 0.5) is 0 Å². The Morgan fingerprint density at radius 2 is 1.50 bits per heavy atom. The summed E-state index contributed by atoms with van der Waals surface area (Å²) in [6.07, 6.45) is 1.15. The summed E-state index contributed by atoms with van der Waals surface area (Å²) in [5, 5.41) is 8.99. The number of rotatable bonds is 20. The average Bonchev–Trinajstić information content (AvgIpc) is 3.62. The highest BCUT2D eigenvalue weighted by Gasteiger charge is 2.44.